The van der Waals surface area contributed by atoms with E-state index in [-0.39, 0.29) is 10.9 Å². The van der Waals surface area contributed by atoms with Crippen molar-refractivity contribution in [3.8, 4) is 0 Å². The molecule has 3 aromatic rings. The molecule has 49 heavy (non-hydrogen) atoms. The summed E-state index contributed by atoms with van der Waals surface area (Å²) in [5.74, 6) is -0.873. The van der Waals surface area contributed by atoms with Crippen LogP contribution in [0.15, 0.2) is 60.7 Å². The smallest absolute Gasteiger partial charge is 0.337 e. The van der Waals surface area contributed by atoms with Gasteiger partial charge in [0.25, 0.3) is 5.91 Å². The summed E-state index contributed by atoms with van der Waals surface area (Å²) in [6.45, 7) is 21.2. The number of carbonyl (C=O) groups excluding carboxylic acids is 2. The number of fused-ring (bicyclic) bond motifs is 1. The van der Waals surface area contributed by atoms with Gasteiger partial charge < -0.3 is 19.2 Å². The van der Waals surface area contributed by atoms with E-state index in [1.54, 1.807) is 0 Å². The maximum Gasteiger partial charge on any atom is 0.337 e. The first-order chi connectivity index (χ1) is 23.0. The molecule has 1 N–H and O–H groups in total. The van der Waals surface area contributed by atoms with Gasteiger partial charge in [-0.3, -0.25) is 4.79 Å². The van der Waals surface area contributed by atoms with Gasteiger partial charge in [0, 0.05) is 13.2 Å². The molecular weight excluding hydrogens is 627 g/mol. The third-order valence-corrected chi connectivity index (χ3v) is 14.1. The van der Waals surface area contributed by atoms with Crippen molar-refractivity contribution in [1.82, 2.24) is 5.32 Å². The number of nitrogens with one attached hydrogen (secondary N) is 1. The molecule has 0 aromatic heterocycles. The summed E-state index contributed by atoms with van der Waals surface area (Å²) < 4.78 is 18.8. The molecule has 0 aliphatic rings. The number of hydrogen-bond acceptors (Lipinski definition) is 5. The van der Waals surface area contributed by atoms with Crippen LogP contribution in [0.2, 0.25) is 18.1 Å². The number of benzene rings is 3. The van der Waals surface area contributed by atoms with E-state index in [4.69, 9.17) is 13.9 Å². The Morgan fingerprint density at radius 3 is 1.96 bits per heavy atom. The molecule has 0 radical (unpaired) electrons. The van der Waals surface area contributed by atoms with Crippen LogP contribution in [0.5, 0.6) is 0 Å². The van der Waals surface area contributed by atoms with Crippen molar-refractivity contribution >= 4 is 31.0 Å². The molecule has 7 heteroatoms. The molecule has 1 amide bonds. The summed E-state index contributed by atoms with van der Waals surface area (Å²) in [6, 6.07) is 21.7. The van der Waals surface area contributed by atoms with Crippen molar-refractivity contribution < 1.29 is 23.5 Å². The largest absolute Gasteiger partial charge is 0.458 e. The second kappa shape index (κ2) is 18.3. The van der Waals surface area contributed by atoms with Gasteiger partial charge in [0.05, 0.1) is 0 Å². The van der Waals surface area contributed by atoms with E-state index in [1.807, 2.05) is 20.8 Å². The highest BCUT2D eigenvalue weighted by Crippen LogP contribution is 2.38. The predicted molar refractivity (Wildman–Crippen MR) is 206 cm³/mol. The van der Waals surface area contributed by atoms with Gasteiger partial charge in [-0.1, -0.05) is 94.3 Å². The quantitative estimate of drug-likeness (QED) is 0.0818. The topological polar surface area (TPSA) is 73.9 Å². The molecule has 0 spiro atoms. The first-order valence-corrected chi connectivity index (χ1v) is 21.2. The lowest BCUT2D eigenvalue weighted by atomic mass is 10.0. The number of amides is 1. The van der Waals surface area contributed by atoms with Crippen LogP contribution in [0.4, 0.5) is 0 Å². The molecule has 2 atom stereocenters. The summed E-state index contributed by atoms with van der Waals surface area (Å²) in [7, 11) is -2.48. The minimum atomic E-state index is -2.48. The zero-order chi connectivity index (χ0) is 36.2. The molecule has 6 nitrogen and oxygen atoms in total. The predicted octanol–water partition coefficient (Wildman–Crippen LogP) is 9.82. The Morgan fingerprint density at radius 2 is 1.33 bits per heavy atom. The van der Waals surface area contributed by atoms with Crippen molar-refractivity contribution in [2.24, 2.45) is 0 Å². The van der Waals surface area contributed by atoms with Gasteiger partial charge in [-0.25, -0.2) is 4.79 Å². The minimum absolute atomic E-state index is 0.173. The Balaban J connectivity index is 1.62. The first-order valence-electron chi connectivity index (χ1n) is 18.3. The van der Waals surface area contributed by atoms with E-state index in [0.717, 1.165) is 51.4 Å². The van der Waals surface area contributed by atoms with Crippen molar-refractivity contribution in [1.29, 1.82) is 0 Å². The second-order valence-corrected chi connectivity index (χ2v) is 20.9. The summed E-state index contributed by atoms with van der Waals surface area (Å²) in [4.78, 5) is 27.5. The maximum atomic E-state index is 13.8. The van der Waals surface area contributed by atoms with Gasteiger partial charge >= 0.3 is 5.97 Å². The summed E-state index contributed by atoms with van der Waals surface area (Å²) in [6.07, 6.45) is 5.37. The van der Waals surface area contributed by atoms with Gasteiger partial charge in [0.15, 0.2) is 20.5 Å². The lowest BCUT2D eigenvalue weighted by Crippen LogP contribution is -2.56. The maximum absolute atomic E-state index is 13.8. The number of aryl methyl sites for hydroxylation is 4. The lowest BCUT2D eigenvalue weighted by molar-refractivity contribution is -0.175. The van der Waals surface area contributed by atoms with Crippen LogP contribution in [0, 0.1) is 13.8 Å². The second-order valence-electron chi connectivity index (χ2n) is 16.1. The van der Waals surface area contributed by atoms with Crippen LogP contribution in [-0.4, -0.2) is 51.2 Å². The standard InChI is InChI=1S/C42H63NO5Si/c1-31-23-24-33(29-32(31)2)19-14-12-18-28-46-37(38(40(45)47-41(3,4)5)48-49(9,10)42(6,7)8)39(44)43-27-17-11-13-20-34-25-26-35-21-15-16-22-36(35)30-34/h15-16,21-26,29-30,37-38H,11-14,17-20,27-28H2,1-10H3,(H,43,44)/t37-,38-/m1/s1. The fourth-order valence-corrected chi connectivity index (χ4v) is 6.71. The average Bonchev–Trinajstić information content (AvgIpc) is 3.01. The number of esters is 1. The average molecular weight is 690 g/mol. The van der Waals surface area contributed by atoms with Gasteiger partial charge in [0.1, 0.15) is 5.60 Å². The molecule has 0 saturated carbocycles. The van der Waals surface area contributed by atoms with E-state index in [9.17, 15) is 9.59 Å². The zero-order valence-electron chi connectivity index (χ0n) is 32.0. The number of ether oxygens (including phenoxy) is 2. The molecule has 0 fully saturated rings. The molecule has 0 aliphatic carbocycles. The number of hydrogen-bond donors (Lipinski definition) is 1. The van der Waals surface area contributed by atoms with Crippen LogP contribution < -0.4 is 5.32 Å². The summed E-state index contributed by atoms with van der Waals surface area (Å²) in [5.41, 5.74) is 4.56. The van der Waals surface area contributed by atoms with Gasteiger partial charge in [-0.05, 0) is 124 Å². The number of carbonyl (C=O) groups is 2. The lowest BCUT2D eigenvalue weighted by Gasteiger charge is -2.40. The molecule has 0 bridgehead atoms. The van der Waals surface area contributed by atoms with Gasteiger partial charge in [-0.2, -0.15) is 0 Å². The van der Waals surface area contributed by atoms with Gasteiger partial charge in [0.2, 0.25) is 0 Å². The molecule has 0 saturated heterocycles. The first kappa shape index (κ1) is 40.4. The van der Waals surface area contributed by atoms with E-state index < -0.39 is 32.1 Å². The number of rotatable bonds is 18. The van der Waals surface area contributed by atoms with Crippen molar-refractivity contribution in [2.45, 2.75) is 143 Å². The van der Waals surface area contributed by atoms with Crippen molar-refractivity contribution in [2.75, 3.05) is 13.2 Å². The monoisotopic (exact) mass is 689 g/mol. The molecule has 0 heterocycles. The highest BCUT2D eigenvalue weighted by atomic mass is 28.4. The fourth-order valence-electron chi connectivity index (χ4n) is 5.50. The van der Waals surface area contributed by atoms with Crippen molar-refractivity contribution in [3.05, 3.63) is 82.9 Å². The third-order valence-electron chi connectivity index (χ3n) is 9.63. The highest BCUT2D eigenvalue weighted by Gasteiger charge is 2.46. The fraction of sp³-hybridized carbons (Fsp3) is 0.571. The Kier molecular flexibility index (Phi) is 15.1. The Hall–Kier alpha value is -3.00. The summed E-state index contributed by atoms with van der Waals surface area (Å²) in [5, 5.41) is 5.42. The zero-order valence-corrected chi connectivity index (χ0v) is 33.0. The van der Waals surface area contributed by atoms with Gasteiger partial charge in [-0.15, -0.1) is 0 Å². The van der Waals surface area contributed by atoms with E-state index in [2.05, 4.69) is 114 Å². The van der Waals surface area contributed by atoms with E-state index in [0.29, 0.717) is 13.2 Å². The molecular formula is C42H63NO5Si. The van der Waals surface area contributed by atoms with E-state index in [1.165, 1.54) is 33.0 Å². The molecule has 0 aliphatic heterocycles. The molecule has 270 valence electrons. The normalized spacial score (nSPS) is 13.7. The Bertz CT molecular complexity index is 1500. The van der Waals surface area contributed by atoms with Crippen LogP contribution in [0.1, 0.15) is 102 Å². The van der Waals surface area contributed by atoms with Crippen molar-refractivity contribution in [3.63, 3.8) is 0 Å². The Labute approximate surface area is 297 Å². The number of unbranched alkanes of at least 4 members (excludes halogenated alkanes) is 4. The highest BCUT2D eigenvalue weighted by molar-refractivity contribution is 6.74. The van der Waals surface area contributed by atoms with Crippen LogP contribution >= 0.6 is 0 Å². The molecule has 3 aromatic carbocycles. The summed E-state index contributed by atoms with van der Waals surface area (Å²) >= 11 is 0. The van der Waals surface area contributed by atoms with Crippen LogP contribution in [-0.2, 0) is 36.3 Å². The minimum Gasteiger partial charge on any atom is -0.458 e. The SMILES string of the molecule is Cc1ccc(CCCCCO[C@@H](C(=O)NCCCCCc2ccc3ccccc3c2)[C@@H](O[Si](C)(C)C(C)(C)C)C(=O)OC(C)(C)C)cc1C. The van der Waals surface area contributed by atoms with Crippen LogP contribution in [0.25, 0.3) is 10.8 Å². The molecule has 3 rings (SSSR count). The molecule has 0 unspecified atom stereocenters. The third kappa shape index (κ3) is 13.3. The van der Waals surface area contributed by atoms with E-state index >= 15 is 0 Å². The Morgan fingerprint density at radius 1 is 0.714 bits per heavy atom. The van der Waals surface area contributed by atoms with Crippen LogP contribution in [0.3, 0.4) is 0 Å².